The van der Waals surface area contributed by atoms with Gasteiger partial charge in [-0.1, -0.05) is 56.1 Å². The molecule has 5 heterocycles. The number of halogens is 2. The molecular weight excluding hydrogens is 1730 g/mol. The second-order valence-electron chi connectivity index (χ2n) is 29.4. The Morgan fingerprint density at radius 2 is 0.419 bits per heavy atom. The van der Waals surface area contributed by atoms with Gasteiger partial charge in [-0.05, 0) is 30.3 Å². The summed E-state index contributed by atoms with van der Waals surface area (Å²) in [5.41, 5.74) is 18.0. The topological polar surface area (TPSA) is 58.0 Å². The van der Waals surface area contributed by atoms with Crippen LogP contribution in [0.3, 0.4) is 0 Å². The first-order valence-electron chi connectivity index (χ1n) is 39.2. The number of fused-ring (bicyclic) bond motifs is 6. The van der Waals surface area contributed by atoms with Crippen molar-refractivity contribution >= 4 is 167 Å². The van der Waals surface area contributed by atoms with Crippen molar-refractivity contribution in [3.63, 3.8) is 0 Å². The molecule has 0 aliphatic carbocycles. The fraction of sp³-hybridized carbons (Fsp3) is 0.00952. The zero-order valence-corrected chi connectivity index (χ0v) is 73.4. The van der Waals surface area contributed by atoms with Crippen LogP contribution in [-0.4, -0.2) is 68.1 Å². The Kier molecular flexibility index (Phi) is 21.9. The fourth-order valence-corrected chi connectivity index (χ4v) is 51.1. The van der Waals surface area contributed by atoms with Gasteiger partial charge in [0.1, 0.15) is 6.33 Å². The summed E-state index contributed by atoms with van der Waals surface area (Å²) in [4.78, 5) is 23.3. The summed E-state index contributed by atoms with van der Waals surface area (Å²) in [5, 5.41) is 0. The van der Waals surface area contributed by atoms with Gasteiger partial charge in [0.2, 0.25) is 0 Å². The summed E-state index contributed by atoms with van der Waals surface area (Å²) in [6, 6.07) is 160. The van der Waals surface area contributed by atoms with Gasteiger partial charge in [0.05, 0.1) is 11.4 Å². The molecule has 0 spiro atoms. The Morgan fingerprint density at radius 1 is 0.214 bits per heavy atom. The SMILES string of the molecule is Brc1ccc(-c2cc(-c3ccc(Br)cc3)ncn2)cc1.[B].c1cc[c]([Ge]2([c]3ccccc3)[c]3ccccc3Cc3cccc[c]32)cc1.c1cc[c]([Ge]2([c]3ccccc3)[c]3ccccc3N(c3ccc(-c4cc(-c5ccc(N6c7cccc[c]7[Ge]([c]7ccccc7)([c]7ccccc7)[c]7ccccc76)cc5)ncn4)cc3)c3cccc[c]32)cc1. The van der Waals surface area contributed by atoms with E-state index in [1.165, 1.54) is 77.8 Å². The van der Waals surface area contributed by atoms with Crippen LogP contribution in [0.25, 0.3) is 45.0 Å². The average Bonchev–Trinajstić information content (AvgIpc) is 0.709. The Bertz CT molecular complexity index is 5950. The maximum absolute atomic E-state index is 4.82. The molecule has 6 nitrogen and oxygen atoms in total. The molecular formula is C105H76BBr2Ge3N6. The molecule has 0 saturated heterocycles. The van der Waals surface area contributed by atoms with E-state index in [4.69, 9.17) is 9.97 Å². The van der Waals surface area contributed by atoms with Crippen LogP contribution in [0.1, 0.15) is 11.1 Å². The van der Waals surface area contributed by atoms with Gasteiger partial charge < -0.3 is 0 Å². The number of aromatic nitrogens is 4. The molecule has 21 rings (SSSR count). The number of para-hydroxylation sites is 4. The Balaban J connectivity index is 0.000000162. The van der Waals surface area contributed by atoms with Crippen molar-refractivity contribution in [3.8, 4) is 45.0 Å². The van der Waals surface area contributed by atoms with Crippen LogP contribution in [0, 0.1) is 0 Å². The van der Waals surface area contributed by atoms with E-state index in [0.717, 1.165) is 71.8 Å². The van der Waals surface area contributed by atoms with E-state index in [1.54, 1.807) is 21.4 Å². The Labute approximate surface area is 711 Å². The normalized spacial score (nSPS) is 13.3. The summed E-state index contributed by atoms with van der Waals surface area (Å²) in [5.74, 6) is 0. The van der Waals surface area contributed by atoms with Crippen LogP contribution in [-0.2, 0) is 6.42 Å². The molecule has 2 aromatic heterocycles. The predicted octanol–water partition coefficient (Wildman–Crippen LogP) is 18.1. The van der Waals surface area contributed by atoms with E-state index in [2.05, 4.69) is 434 Å². The second-order valence-corrected chi connectivity index (χ2v) is 54.7. The molecule has 0 unspecified atom stereocenters. The van der Waals surface area contributed by atoms with Crippen LogP contribution < -0.4 is 62.6 Å². The van der Waals surface area contributed by atoms with Gasteiger partial charge in [-0.3, -0.25) is 0 Å². The summed E-state index contributed by atoms with van der Waals surface area (Å²) in [7, 11) is 0. The van der Waals surface area contributed by atoms with Crippen LogP contribution in [0.2, 0.25) is 0 Å². The summed E-state index contributed by atoms with van der Waals surface area (Å²) in [6.07, 6.45) is 4.34. The molecule has 0 amide bonds. The molecule has 3 radical (unpaired) electrons. The average molecular weight is 1810 g/mol. The van der Waals surface area contributed by atoms with E-state index in [-0.39, 0.29) is 8.41 Å². The molecule has 12 heteroatoms. The molecule has 16 aromatic carbocycles. The predicted molar refractivity (Wildman–Crippen MR) is 504 cm³/mol. The van der Waals surface area contributed by atoms with Crippen molar-refractivity contribution in [2.75, 3.05) is 9.80 Å². The molecule has 0 atom stereocenters. The second kappa shape index (κ2) is 33.6. The first-order chi connectivity index (χ1) is 57.4. The molecule has 0 saturated carbocycles. The Hall–Kier alpha value is -12.1. The van der Waals surface area contributed by atoms with Crippen LogP contribution in [0.4, 0.5) is 34.1 Å². The van der Waals surface area contributed by atoms with E-state index >= 15 is 0 Å². The summed E-state index contributed by atoms with van der Waals surface area (Å²) >= 11 is -3.00. The molecule has 0 fully saturated rings. The van der Waals surface area contributed by atoms with Crippen LogP contribution >= 0.6 is 31.9 Å². The number of rotatable bonds is 12. The van der Waals surface area contributed by atoms with Crippen molar-refractivity contribution in [2.45, 2.75) is 6.42 Å². The first kappa shape index (κ1) is 76.2. The summed E-state index contributed by atoms with van der Waals surface area (Å²) in [6.45, 7) is 0. The third kappa shape index (κ3) is 14.0. The third-order valence-corrected chi connectivity index (χ3v) is 55.0. The minimum atomic E-state index is -3.45. The zero-order valence-electron chi connectivity index (χ0n) is 63.9. The number of hydrogen-bond acceptors (Lipinski definition) is 6. The fourth-order valence-electron chi connectivity index (χ4n) is 18.1. The summed E-state index contributed by atoms with van der Waals surface area (Å²) < 4.78 is 19.7. The minimum absolute atomic E-state index is 0. The van der Waals surface area contributed by atoms with Gasteiger partial charge in [-0.2, -0.15) is 0 Å². The standard InChI is InChI=1S/C64H46Ge2N4.C25H20Ge.C16H10Br2N2.B/c1-5-21-49(22-6-1)65(50-23-7-2-8-24-50)55-29-13-17-33-61(55)69(62-34-18-14-30-56(62)65)53-41-37-47(38-42-53)59-45-60(68-46-67-59)48-39-43-54(44-40-48)70-63-35-19-15-31-57(63)66(51-25-9-3-10-26-51,52-27-11-4-12-28-52)58-32-16-20-36-64(58)70;1-3-13-22(14-4-1)26(23-15-5-2-6-16-23)24-17-9-7-11-20(24)19-21-12-8-10-18-25(21)26;17-13-5-1-11(2-6-13)15-9-16(20-10-19-15)12-3-7-14(18)8-4-12;/h1-46H;1-18H,19H2;1-10H;. The van der Waals surface area contributed by atoms with E-state index in [1.807, 2.05) is 54.6 Å². The monoisotopic (exact) mass is 1810 g/mol. The quantitative estimate of drug-likeness (QED) is 0.114. The number of hydrogen-bond donors (Lipinski definition) is 0. The molecule has 0 N–H and O–H groups in total. The van der Waals surface area contributed by atoms with Gasteiger partial charge in [0.15, 0.2) is 0 Å². The Morgan fingerprint density at radius 3 is 0.675 bits per heavy atom. The van der Waals surface area contributed by atoms with Crippen molar-refractivity contribution in [2.24, 2.45) is 0 Å². The van der Waals surface area contributed by atoms with Crippen molar-refractivity contribution in [1.29, 1.82) is 0 Å². The van der Waals surface area contributed by atoms with Gasteiger partial charge in [0, 0.05) is 28.5 Å². The van der Waals surface area contributed by atoms with Crippen molar-refractivity contribution in [3.05, 3.63) is 470 Å². The van der Waals surface area contributed by atoms with E-state index in [9.17, 15) is 0 Å². The van der Waals surface area contributed by atoms with Crippen molar-refractivity contribution < 1.29 is 0 Å². The maximum atomic E-state index is 4.82. The number of anilines is 6. The van der Waals surface area contributed by atoms with Crippen LogP contribution in [0.5, 0.6) is 0 Å². The van der Waals surface area contributed by atoms with Gasteiger partial charge in [-0.15, -0.1) is 0 Å². The molecule has 18 aromatic rings. The number of benzene rings is 16. The van der Waals surface area contributed by atoms with Crippen molar-refractivity contribution in [1.82, 2.24) is 19.9 Å². The molecule has 555 valence electrons. The van der Waals surface area contributed by atoms with E-state index < -0.39 is 39.8 Å². The van der Waals surface area contributed by atoms with E-state index in [0.29, 0.717) is 0 Å². The van der Waals surface area contributed by atoms with Crippen LogP contribution in [0.15, 0.2) is 458 Å². The molecule has 3 aliphatic rings. The molecule has 117 heavy (non-hydrogen) atoms. The molecule has 0 bridgehead atoms. The number of nitrogens with zero attached hydrogens (tertiary/aromatic N) is 6. The first-order valence-corrected chi connectivity index (χ1v) is 53.4. The molecule has 3 aliphatic heterocycles. The van der Waals surface area contributed by atoms with Gasteiger partial charge >= 0.3 is 575 Å². The van der Waals surface area contributed by atoms with Gasteiger partial charge in [-0.25, -0.2) is 9.97 Å². The third-order valence-electron chi connectivity index (χ3n) is 23.1. The van der Waals surface area contributed by atoms with Gasteiger partial charge in [0.25, 0.3) is 0 Å². The zero-order chi connectivity index (χ0) is 77.8.